The van der Waals surface area contributed by atoms with E-state index in [-0.39, 0.29) is 5.69 Å². The summed E-state index contributed by atoms with van der Waals surface area (Å²) in [5, 5.41) is 11.3. The summed E-state index contributed by atoms with van der Waals surface area (Å²) < 4.78 is 1.61. The number of fused-ring (bicyclic) bond motifs is 1. The van der Waals surface area contributed by atoms with Crippen molar-refractivity contribution < 1.29 is 0 Å². The number of aromatic amines is 1. The summed E-state index contributed by atoms with van der Waals surface area (Å²) in [6.45, 7) is 5.46. The van der Waals surface area contributed by atoms with Gasteiger partial charge in [-0.15, -0.1) is 0 Å². The summed E-state index contributed by atoms with van der Waals surface area (Å²) >= 11 is 0. The first-order chi connectivity index (χ1) is 15.2. The lowest BCUT2D eigenvalue weighted by atomic mass is 10.1. The van der Waals surface area contributed by atoms with Gasteiger partial charge in [0, 0.05) is 49.4 Å². The second kappa shape index (κ2) is 10.7. The van der Waals surface area contributed by atoms with Crippen molar-refractivity contribution in [2.75, 3.05) is 32.7 Å². The van der Waals surface area contributed by atoms with E-state index in [2.05, 4.69) is 32.0 Å². The number of H-pyrrole nitrogens is 1. The predicted molar refractivity (Wildman–Crippen MR) is 125 cm³/mol. The van der Waals surface area contributed by atoms with Crippen LogP contribution in [0.5, 0.6) is 0 Å². The number of nitrogens with one attached hydrogen (secondary N) is 4. The Morgan fingerprint density at radius 1 is 1.23 bits per heavy atom. The minimum atomic E-state index is -0.277. The SMILES string of the molecule is NCCCNCc1ccc(-n2cc3cc(CCN[C@@H]4CCCNC4)[nH]c3nc2=O)cc1. The van der Waals surface area contributed by atoms with Gasteiger partial charge in [0.1, 0.15) is 5.65 Å². The van der Waals surface area contributed by atoms with E-state index in [0.717, 1.165) is 62.3 Å². The van der Waals surface area contributed by atoms with Crippen LogP contribution in [0.15, 0.2) is 41.3 Å². The Morgan fingerprint density at radius 3 is 2.87 bits per heavy atom. The van der Waals surface area contributed by atoms with Crippen molar-refractivity contribution in [3.05, 3.63) is 58.3 Å². The van der Waals surface area contributed by atoms with Crippen LogP contribution in [-0.4, -0.2) is 53.3 Å². The zero-order valence-electron chi connectivity index (χ0n) is 18.0. The van der Waals surface area contributed by atoms with Gasteiger partial charge in [-0.2, -0.15) is 4.98 Å². The molecule has 1 aliphatic heterocycles. The molecule has 31 heavy (non-hydrogen) atoms. The normalized spacial score (nSPS) is 16.7. The molecule has 2 aromatic heterocycles. The zero-order chi connectivity index (χ0) is 21.5. The number of rotatable bonds is 10. The Labute approximate surface area is 182 Å². The molecular weight excluding hydrogens is 390 g/mol. The lowest BCUT2D eigenvalue weighted by Crippen LogP contribution is -2.43. The Kier molecular flexibility index (Phi) is 7.48. The van der Waals surface area contributed by atoms with E-state index in [1.807, 2.05) is 30.5 Å². The second-order valence-corrected chi connectivity index (χ2v) is 8.22. The number of nitrogens with zero attached hydrogens (tertiary/aromatic N) is 2. The summed E-state index contributed by atoms with van der Waals surface area (Å²) in [5.74, 6) is 0. The molecule has 1 aliphatic rings. The standard InChI is InChI=1S/C23H33N7O/c24-9-2-11-25-14-17-4-6-21(7-5-17)30-16-18-13-19(28-22(18)29-23(30)31)8-12-27-20-3-1-10-26-15-20/h4-7,13,16,20,25-27H,1-3,8-12,14-15,24H2,(H,28,29,31)/t20-/m1/s1. The summed E-state index contributed by atoms with van der Waals surface area (Å²) in [5.41, 5.74) is 8.97. The summed E-state index contributed by atoms with van der Waals surface area (Å²) in [4.78, 5) is 20.1. The minimum absolute atomic E-state index is 0.277. The van der Waals surface area contributed by atoms with Crippen molar-refractivity contribution in [2.45, 2.75) is 38.3 Å². The first-order valence-corrected chi connectivity index (χ1v) is 11.3. The van der Waals surface area contributed by atoms with E-state index in [1.165, 1.54) is 18.4 Å². The van der Waals surface area contributed by atoms with Crippen molar-refractivity contribution in [3.63, 3.8) is 0 Å². The molecule has 1 atom stereocenters. The fourth-order valence-electron chi connectivity index (χ4n) is 4.04. The third-order valence-corrected chi connectivity index (χ3v) is 5.79. The van der Waals surface area contributed by atoms with Crippen LogP contribution in [0.1, 0.15) is 30.5 Å². The van der Waals surface area contributed by atoms with Gasteiger partial charge in [-0.05, 0) is 62.7 Å². The third-order valence-electron chi connectivity index (χ3n) is 5.79. The quantitative estimate of drug-likeness (QED) is 0.312. The van der Waals surface area contributed by atoms with E-state index in [1.54, 1.807) is 4.57 Å². The van der Waals surface area contributed by atoms with Gasteiger partial charge in [0.25, 0.3) is 0 Å². The molecule has 0 unspecified atom stereocenters. The third kappa shape index (κ3) is 5.80. The predicted octanol–water partition coefficient (Wildman–Crippen LogP) is 1.04. The van der Waals surface area contributed by atoms with Crippen LogP contribution in [0.25, 0.3) is 16.7 Å². The molecule has 0 radical (unpaired) electrons. The van der Waals surface area contributed by atoms with Gasteiger partial charge in [-0.3, -0.25) is 4.57 Å². The van der Waals surface area contributed by atoms with Crippen LogP contribution >= 0.6 is 0 Å². The Bertz CT molecular complexity index is 1020. The maximum absolute atomic E-state index is 12.6. The van der Waals surface area contributed by atoms with Crippen molar-refractivity contribution in [2.24, 2.45) is 5.73 Å². The van der Waals surface area contributed by atoms with Gasteiger partial charge in [-0.1, -0.05) is 12.1 Å². The van der Waals surface area contributed by atoms with Crippen LogP contribution in [0.2, 0.25) is 0 Å². The van der Waals surface area contributed by atoms with Crippen molar-refractivity contribution >= 4 is 11.0 Å². The molecule has 1 aromatic carbocycles. The summed E-state index contributed by atoms with van der Waals surface area (Å²) in [6.07, 6.45) is 6.17. The first kappa shape index (κ1) is 21.7. The molecule has 0 bridgehead atoms. The Balaban J connectivity index is 1.40. The number of piperidine rings is 1. The van der Waals surface area contributed by atoms with E-state index >= 15 is 0 Å². The molecule has 1 fully saturated rings. The van der Waals surface area contributed by atoms with Gasteiger partial charge in [0.05, 0.1) is 5.69 Å². The highest BCUT2D eigenvalue weighted by atomic mass is 16.1. The molecule has 166 valence electrons. The van der Waals surface area contributed by atoms with E-state index in [4.69, 9.17) is 5.73 Å². The van der Waals surface area contributed by atoms with Crippen molar-refractivity contribution in [1.29, 1.82) is 0 Å². The number of aromatic nitrogens is 3. The lowest BCUT2D eigenvalue weighted by molar-refractivity contribution is 0.392. The molecule has 8 heteroatoms. The molecule has 0 spiro atoms. The van der Waals surface area contributed by atoms with Crippen LogP contribution in [0.4, 0.5) is 0 Å². The topological polar surface area (TPSA) is 113 Å². The first-order valence-electron chi connectivity index (χ1n) is 11.3. The summed E-state index contributed by atoms with van der Waals surface area (Å²) in [6, 6.07) is 10.6. The number of nitrogens with two attached hydrogens (primary N) is 1. The number of hydrogen-bond acceptors (Lipinski definition) is 6. The molecule has 6 N–H and O–H groups in total. The van der Waals surface area contributed by atoms with Gasteiger partial charge < -0.3 is 26.7 Å². The molecule has 0 saturated carbocycles. The molecule has 1 saturated heterocycles. The average Bonchev–Trinajstić information content (AvgIpc) is 3.19. The van der Waals surface area contributed by atoms with E-state index < -0.39 is 0 Å². The maximum Gasteiger partial charge on any atom is 0.354 e. The summed E-state index contributed by atoms with van der Waals surface area (Å²) in [7, 11) is 0. The minimum Gasteiger partial charge on any atom is -0.343 e. The fraction of sp³-hybridized carbons (Fsp3) is 0.478. The molecule has 0 aliphatic carbocycles. The number of benzene rings is 1. The van der Waals surface area contributed by atoms with Crippen LogP contribution in [0.3, 0.4) is 0 Å². The smallest absolute Gasteiger partial charge is 0.343 e. The van der Waals surface area contributed by atoms with E-state index in [9.17, 15) is 4.79 Å². The molecule has 4 rings (SSSR count). The largest absolute Gasteiger partial charge is 0.354 e. The van der Waals surface area contributed by atoms with Crippen molar-refractivity contribution in [3.8, 4) is 5.69 Å². The van der Waals surface area contributed by atoms with Crippen LogP contribution in [0, 0.1) is 0 Å². The highest BCUT2D eigenvalue weighted by molar-refractivity contribution is 5.75. The molecule has 8 nitrogen and oxygen atoms in total. The number of hydrogen-bond donors (Lipinski definition) is 5. The molecule has 0 amide bonds. The van der Waals surface area contributed by atoms with Gasteiger partial charge in [0.2, 0.25) is 0 Å². The van der Waals surface area contributed by atoms with Gasteiger partial charge in [0.15, 0.2) is 0 Å². The highest BCUT2D eigenvalue weighted by Crippen LogP contribution is 2.15. The van der Waals surface area contributed by atoms with Gasteiger partial charge in [-0.25, -0.2) is 4.79 Å². The van der Waals surface area contributed by atoms with Crippen molar-refractivity contribution in [1.82, 2.24) is 30.5 Å². The van der Waals surface area contributed by atoms with Crippen LogP contribution < -0.4 is 27.4 Å². The highest BCUT2D eigenvalue weighted by Gasteiger charge is 2.12. The Morgan fingerprint density at radius 2 is 2.10 bits per heavy atom. The Hall–Kier alpha value is -2.52. The maximum atomic E-state index is 12.6. The average molecular weight is 424 g/mol. The molecule has 3 aromatic rings. The fourth-order valence-corrected chi connectivity index (χ4v) is 4.04. The molecular formula is C23H33N7O. The zero-order valence-corrected chi connectivity index (χ0v) is 18.0. The van der Waals surface area contributed by atoms with E-state index in [0.29, 0.717) is 18.2 Å². The lowest BCUT2D eigenvalue weighted by Gasteiger charge is -2.23. The molecule has 3 heterocycles. The van der Waals surface area contributed by atoms with Crippen LogP contribution in [-0.2, 0) is 13.0 Å². The monoisotopic (exact) mass is 423 g/mol. The van der Waals surface area contributed by atoms with Gasteiger partial charge >= 0.3 is 5.69 Å². The second-order valence-electron chi connectivity index (χ2n) is 8.22.